The van der Waals surface area contributed by atoms with Crippen molar-refractivity contribution in [1.82, 2.24) is 9.13 Å². The van der Waals surface area contributed by atoms with Crippen molar-refractivity contribution >= 4 is 16.9 Å². The van der Waals surface area contributed by atoms with Crippen LogP contribution in [-0.2, 0) is 14.1 Å². The number of hydrogen-bond donors (Lipinski definition) is 1. The van der Waals surface area contributed by atoms with Crippen LogP contribution in [0.1, 0.15) is 10.5 Å². The van der Waals surface area contributed by atoms with Crippen LogP contribution >= 0.6 is 0 Å². The Morgan fingerprint density at radius 1 is 1.19 bits per heavy atom. The summed E-state index contributed by atoms with van der Waals surface area (Å²) in [5, 5.41) is 10.2. The predicted molar refractivity (Wildman–Crippen MR) is 80.8 cm³/mol. The van der Waals surface area contributed by atoms with E-state index >= 15 is 0 Å². The summed E-state index contributed by atoms with van der Waals surface area (Å²) in [6.07, 6.45) is 2.01. The molecule has 0 bridgehead atoms. The number of hydrogen-bond acceptors (Lipinski definition) is 2. The number of carboxylic acid groups (broad SMARTS) is 1. The molecule has 5 heteroatoms. The summed E-state index contributed by atoms with van der Waals surface area (Å²) in [6.45, 7) is 0. The SMILES string of the molecule is COc1ccc2c(-c3ccc(C(=O)O)n3C)cn(C)c2c1. The Balaban J connectivity index is 2.24. The number of aryl methyl sites for hydroxylation is 1. The quantitative estimate of drug-likeness (QED) is 0.804. The third-order valence-corrected chi connectivity index (χ3v) is 3.81. The molecule has 0 aliphatic rings. The Bertz CT molecular complexity index is 843. The highest BCUT2D eigenvalue weighted by Gasteiger charge is 2.16. The van der Waals surface area contributed by atoms with Gasteiger partial charge in [-0.15, -0.1) is 0 Å². The Labute approximate surface area is 122 Å². The largest absolute Gasteiger partial charge is 0.497 e. The zero-order valence-corrected chi connectivity index (χ0v) is 12.1. The van der Waals surface area contributed by atoms with Crippen LogP contribution in [0.2, 0.25) is 0 Å². The Hall–Kier alpha value is -2.69. The van der Waals surface area contributed by atoms with E-state index < -0.39 is 5.97 Å². The van der Waals surface area contributed by atoms with Gasteiger partial charge in [-0.05, 0) is 24.3 Å². The van der Waals surface area contributed by atoms with Crippen LogP contribution in [0.3, 0.4) is 0 Å². The van der Waals surface area contributed by atoms with E-state index in [2.05, 4.69) is 0 Å². The van der Waals surface area contributed by atoms with Crippen LogP contribution in [0.4, 0.5) is 0 Å². The van der Waals surface area contributed by atoms with E-state index in [0.29, 0.717) is 0 Å². The number of aromatic nitrogens is 2. The van der Waals surface area contributed by atoms with Crippen molar-refractivity contribution in [3.8, 4) is 17.0 Å². The number of benzene rings is 1. The minimum atomic E-state index is -0.925. The van der Waals surface area contributed by atoms with Gasteiger partial charge in [-0.3, -0.25) is 0 Å². The number of carboxylic acids is 1. The van der Waals surface area contributed by atoms with Gasteiger partial charge in [0.15, 0.2) is 0 Å². The fourth-order valence-electron chi connectivity index (χ4n) is 2.69. The van der Waals surface area contributed by atoms with Gasteiger partial charge in [-0.25, -0.2) is 4.79 Å². The molecule has 1 aromatic carbocycles. The highest BCUT2D eigenvalue weighted by atomic mass is 16.5. The Morgan fingerprint density at radius 2 is 1.95 bits per heavy atom. The van der Waals surface area contributed by atoms with Crippen molar-refractivity contribution in [2.75, 3.05) is 7.11 Å². The van der Waals surface area contributed by atoms with Crippen LogP contribution in [-0.4, -0.2) is 27.3 Å². The normalized spacial score (nSPS) is 11.0. The average Bonchev–Trinajstić information content (AvgIpc) is 2.99. The molecule has 0 fully saturated rings. The first-order chi connectivity index (χ1) is 10.0. The zero-order chi connectivity index (χ0) is 15.1. The van der Waals surface area contributed by atoms with Gasteiger partial charge in [-0.1, -0.05) is 0 Å². The van der Waals surface area contributed by atoms with E-state index in [-0.39, 0.29) is 5.69 Å². The van der Waals surface area contributed by atoms with Crippen LogP contribution in [0.25, 0.3) is 22.2 Å². The number of carbonyl (C=O) groups is 1. The standard InChI is InChI=1S/C16H16N2O3/c1-17-9-12(11-5-4-10(21-3)8-15(11)17)13-6-7-14(16(19)20)18(13)2/h4-9H,1-3H3,(H,19,20). The van der Waals surface area contributed by atoms with Crippen LogP contribution in [0.5, 0.6) is 5.75 Å². The number of ether oxygens (including phenoxy) is 1. The highest BCUT2D eigenvalue weighted by Crippen LogP contribution is 2.33. The van der Waals surface area contributed by atoms with Crippen molar-refractivity contribution in [2.24, 2.45) is 14.1 Å². The smallest absolute Gasteiger partial charge is 0.352 e. The van der Waals surface area contributed by atoms with E-state index in [9.17, 15) is 9.90 Å². The number of methoxy groups -OCH3 is 1. The number of rotatable bonds is 3. The van der Waals surface area contributed by atoms with Crippen LogP contribution in [0, 0.1) is 0 Å². The molecule has 0 radical (unpaired) electrons. The Morgan fingerprint density at radius 3 is 2.57 bits per heavy atom. The molecular weight excluding hydrogens is 268 g/mol. The van der Waals surface area contributed by atoms with Crippen molar-refractivity contribution in [1.29, 1.82) is 0 Å². The second-order valence-electron chi connectivity index (χ2n) is 5.00. The van der Waals surface area contributed by atoms with Gasteiger partial charge in [0.05, 0.1) is 18.3 Å². The fourth-order valence-corrected chi connectivity index (χ4v) is 2.69. The molecule has 2 aromatic heterocycles. The maximum Gasteiger partial charge on any atom is 0.352 e. The lowest BCUT2D eigenvalue weighted by molar-refractivity contribution is 0.0687. The molecule has 0 atom stereocenters. The van der Waals surface area contributed by atoms with Gasteiger partial charge in [0, 0.05) is 37.3 Å². The summed E-state index contributed by atoms with van der Waals surface area (Å²) in [7, 11) is 5.37. The first-order valence-electron chi connectivity index (χ1n) is 6.55. The lowest BCUT2D eigenvalue weighted by Gasteiger charge is -2.05. The maximum absolute atomic E-state index is 11.2. The summed E-state index contributed by atoms with van der Waals surface area (Å²) >= 11 is 0. The molecule has 2 heterocycles. The zero-order valence-electron chi connectivity index (χ0n) is 12.1. The van der Waals surface area contributed by atoms with Crippen LogP contribution < -0.4 is 4.74 Å². The minimum absolute atomic E-state index is 0.274. The number of aromatic carboxylic acids is 1. The summed E-state index contributed by atoms with van der Waals surface area (Å²) in [5.41, 5.74) is 3.20. The summed E-state index contributed by atoms with van der Waals surface area (Å²) in [5.74, 6) is -0.126. The molecule has 108 valence electrons. The topological polar surface area (TPSA) is 56.4 Å². The molecule has 0 saturated heterocycles. The molecule has 0 spiro atoms. The second kappa shape index (κ2) is 4.70. The molecule has 0 saturated carbocycles. The van der Waals surface area contributed by atoms with Crippen molar-refractivity contribution in [3.63, 3.8) is 0 Å². The monoisotopic (exact) mass is 284 g/mol. The molecule has 21 heavy (non-hydrogen) atoms. The summed E-state index contributed by atoms with van der Waals surface area (Å²) in [4.78, 5) is 11.2. The van der Waals surface area contributed by atoms with Gasteiger partial charge in [0.2, 0.25) is 0 Å². The van der Waals surface area contributed by atoms with E-state index in [0.717, 1.165) is 27.9 Å². The van der Waals surface area contributed by atoms with Gasteiger partial charge >= 0.3 is 5.97 Å². The summed E-state index contributed by atoms with van der Waals surface area (Å²) in [6, 6.07) is 9.34. The van der Waals surface area contributed by atoms with E-state index in [4.69, 9.17) is 4.74 Å². The fraction of sp³-hybridized carbons (Fsp3) is 0.188. The molecular formula is C16H16N2O3. The predicted octanol–water partition coefficient (Wildman–Crippen LogP) is 2.89. The molecule has 0 unspecified atom stereocenters. The lowest BCUT2D eigenvalue weighted by atomic mass is 10.1. The number of fused-ring (bicyclic) bond motifs is 1. The molecule has 3 aromatic rings. The molecule has 0 amide bonds. The second-order valence-corrected chi connectivity index (χ2v) is 5.00. The molecule has 3 rings (SSSR count). The first kappa shape index (κ1) is 13.3. The number of nitrogens with zero attached hydrogens (tertiary/aromatic N) is 2. The molecule has 0 aliphatic heterocycles. The van der Waals surface area contributed by atoms with Gasteiger partial charge in [0.25, 0.3) is 0 Å². The van der Waals surface area contributed by atoms with Crippen molar-refractivity contribution in [2.45, 2.75) is 0 Å². The highest BCUT2D eigenvalue weighted by molar-refractivity contribution is 5.97. The minimum Gasteiger partial charge on any atom is -0.497 e. The molecule has 0 aliphatic carbocycles. The third kappa shape index (κ3) is 1.98. The molecule has 5 nitrogen and oxygen atoms in total. The van der Waals surface area contributed by atoms with Gasteiger partial charge < -0.3 is 19.0 Å². The lowest BCUT2D eigenvalue weighted by Crippen LogP contribution is -2.04. The van der Waals surface area contributed by atoms with E-state index in [1.807, 2.05) is 42.1 Å². The van der Waals surface area contributed by atoms with Crippen molar-refractivity contribution in [3.05, 3.63) is 42.2 Å². The maximum atomic E-state index is 11.2. The summed E-state index contributed by atoms with van der Waals surface area (Å²) < 4.78 is 8.97. The van der Waals surface area contributed by atoms with Crippen LogP contribution in [0.15, 0.2) is 36.5 Å². The first-order valence-corrected chi connectivity index (χ1v) is 6.55. The van der Waals surface area contributed by atoms with Gasteiger partial charge in [-0.2, -0.15) is 0 Å². The van der Waals surface area contributed by atoms with Gasteiger partial charge in [0.1, 0.15) is 11.4 Å². The Kier molecular flexibility index (Phi) is 2.97. The van der Waals surface area contributed by atoms with E-state index in [1.165, 1.54) is 0 Å². The third-order valence-electron chi connectivity index (χ3n) is 3.81. The van der Waals surface area contributed by atoms with E-state index in [1.54, 1.807) is 24.8 Å². The average molecular weight is 284 g/mol. The van der Waals surface area contributed by atoms with Crippen molar-refractivity contribution < 1.29 is 14.6 Å². The molecule has 1 N–H and O–H groups in total.